The van der Waals surface area contributed by atoms with Crippen molar-refractivity contribution in [3.05, 3.63) is 33.9 Å². The quantitative estimate of drug-likeness (QED) is 0.540. The number of hydrogen-bond donors (Lipinski definition) is 0. The van der Waals surface area contributed by atoms with Crippen molar-refractivity contribution in [1.82, 2.24) is 4.90 Å². The Labute approximate surface area is 98.6 Å². The molecule has 0 atom stereocenters. The number of amides is 1. The Kier molecular flexibility index (Phi) is 2.71. The topological polar surface area (TPSA) is 66.7 Å². The van der Waals surface area contributed by atoms with Gasteiger partial charge in [-0.2, -0.15) is 0 Å². The van der Waals surface area contributed by atoms with Crippen molar-refractivity contribution in [2.45, 2.75) is 0 Å². The Morgan fingerprint density at radius 3 is 2.53 bits per heavy atom. The first-order valence-corrected chi connectivity index (χ1v) is 5.26. The van der Waals surface area contributed by atoms with Gasteiger partial charge in [-0.05, 0) is 6.07 Å². The molecule has 90 valence electrons. The molecule has 0 saturated carbocycles. The number of fused-ring (bicyclic) bond motifs is 1. The van der Waals surface area contributed by atoms with Gasteiger partial charge in [0.15, 0.2) is 0 Å². The lowest BCUT2D eigenvalue weighted by Gasteiger charge is -2.17. The predicted molar refractivity (Wildman–Crippen MR) is 63.3 cm³/mol. The lowest BCUT2D eigenvalue weighted by atomic mass is 10.1. The van der Waals surface area contributed by atoms with Gasteiger partial charge < -0.3 is 9.80 Å². The van der Waals surface area contributed by atoms with E-state index in [4.69, 9.17) is 0 Å². The highest BCUT2D eigenvalue weighted by molar-refractivity contribution is 6.04. The number of anilines is 1. The second kappa shape index (κ2) is 4.04. The molecule has 17 heavy (non-hydrogen) atoms. The van der Waals surface area contributed by atoms with Crippen LogP contribution in [0.25, 0.3) is 0 Å². The van der Waals surface area contributed by atoms with E-state index in [1.807, 2.05) is 11.9 Å². The molecule has 0 bridgehead atoms. The highest BCUT2D eigenvalue weighted by atomic mass is 16.6. The molecule has 1 aliphatic heterocycles. The molecule has 2 rings (SSSR count). The van der Waals surface area contributed by atoms with Gasteiger partial charge in [0.2, 0.25) is 0 Å². The number of carbonyl (C=O) groups is 1. The van der Waals surface area contributed by atoms with Crippen molar-refractivity contribution < 1.29 is 9.72 Å². The minimum atomic E-state index is -0.510. The van der Waals surface area contributed by atoms with Gasteiger partial charge in [0.05, 0.1) is 10.6 Å². The summed E-state index contributed by atoms with van der Waals surface area (Å²) in [5.41, 5.74) is 0.668. The van der Waals surface area contributed by atoms with Crippen LogP contribution in [0.3, 0.4) is 0 Å². The Hall–Kier alpha value is -2.11. The summed E-state index contributed by atoms with van der Waals surface area (Å²) >= 11 is 0. The molecular formula is C11H13N3O3. The maximum atomic E-state index is 12.1. The molecule has 1 heterocycles. The highest BCUT2D eigenvalue weighted by Crippen LogP contribution is 2.31. The predicted octanol–water partition coefficient (Wildman–Crippen LogP) is 1.12. The molecule has 0 saturated heterocycles. The van der Waals surface area contributed by atoms with E-state index in [-0.39, 0.29) is 17.2 Å². The molecule has 6 nitrogen and oxygen atoms in total. The molecule has 1 amide bonds. The monoisotopic (exact) mass is 235 g/mol. The van der Waals surface area contributed by atoms with Crippen LogP contribution in [0.2, 0.25) is 0 Å². The fraction of sp³-hybridized carbons (Fsp3) is 0.364. The van der Waals surface area contributed by atoms with Crippen molar-refractivity contribution >= 4 is 17.3 Å². The van der Waals surface area contributed by atoms with Gasteiger partial charge in [-0.1, -0.05) is 6.07 Å². The van der Waals surface area contributed by atoms with Crippen LogP contribution >= 0.6 is 0 Å². The first-order chi connectivity index (χ1) is 8.02. The number of nitrogens with zero attached hydrogens (tertiary/aromatic N) is 3. The van der Waals surface area contributed by atoms with Crippen LogP contribution in [0.15, 0.2) is 18.2 Å². The number of hydrogen-bond acceptors (Lipinski definition) is 4. The SMILES string of the molecule is CN1CCN(C)c2cccc([N+](=O)[O-])c2C1=O. The summed E-state index contributed by atoms with van der Waals surface area (Å²) < 4.78 is 0. The summed E-state index contributed by atoms with van der Waals surface area (Å²) in [6.45, 7) is 1.22. The molecule has 0 fully saturated rings. The lowest BCUT2D eigenvalue weighted by Crippen LogP contribution is -2.30. The zero-order chi connectivity index (χ0) is 12.6. The van der Waals surface area contributed by atoms with Gasteiger partial charge in [-0.3, -0.25) is 14.9 Å². The van der Waals surface area contributed by atoms with Crippen LogP contribution in [0.4, 0.5) is 11.4 Å². The van der Waals surface area contributed by atoms with E-state index in [1.165, 1.54) is 11.0 Å². The maximum absolute atomic E-state index is 12.1. The van der Waals surface area contributed by atoms with Gasteiger partial charge >= 0.3 is 0 Å². The first kappa shape index (κ1) is 11.4. The number of rotatable bonds is 1. The van der Waals surface area contributed by atoms with Crippen molar-refractivity contribution in [1.29, 1.82) is 0 Å². The van der Waals surface area contributed by atoms with E-state index in [2.05, 4.69) is 0 Å². The maximum Gasteiger partial charge on any atom is 0.284 e. The van der Waals surface area contributed by atoms with Crippen molar-refractivity contribution in [2.75, 3.05) is 32.1 Å². The standard InChI is InChI=1S/C11H13N3O3/c1-12-6-7-13(2)11(15)10-8(12)4-3-5-9(10)14(16)17/h3-5H,6-7H2,1-2H3. The van der Waals surface area contributed by atoms with Gasteiger partial charge in [-0.25, -0.2) is 0 Å². The van der Waals surface area contributed by atoms with Gasteiger partial charge in [0, 0.05) is 33.3 Å². The molecule has 0 aliphatic carbocycles. The molecule has 0 unspecified atom stereocenters. The van der Waals surface area contributed by atoms with E-state index in [0.717, 1.165) is 0 Å². The Balaban J connectivity index is 2.67. The van der Waals surface area contributed by atoms with Crippen LogP contribution in [-0.4, -0.2) is 42.9 Å². The number of likely N-dealkylation sites (N-methyl/N-ethyl adjacent to an activating group) is 2. The third kappa shape index (κ3) is 1.82. The number of nitro benzene ring substituents is 1. The summed E-state index contributed by atoms with van der Waals surface area (Å²) in [6, 6.07) is 4.70. The third-order valence-corrected chi connectivity index (χ3v) is 2.96. The van der Waals surface area contributed by atoms with E-state index in [9.17, 15) is 14.9 Å². The summed E-state index contributed by atoms with van der Waals surface area (Å²) in [7, 11) is 3.48. The molecule has 0 spiro atoms. The highest BCUT2D eigenvalue weighted by Gasteiger charge is 2.30. The first-order valence-electron chi connectivity index (χ1n) is 5.26. The van der Waals surface area contributed by atoms with Crippen LogP contribution in [-0.2, 0) is 0 Å². The minimum absolute atomic E-state index is 0.131. The summed E-state index contributed by atoms with van der Waals surface area (Å²) in [5.74, 6) is -0.295. The molecule has 6 heteroatoms. The summed E-state index contributed by atoms with van der Waals surface area (Å²) in [6.07, 6.45) is 0. The van der Waals surface area contributed by atoms with Gasteiger partial charge in [0.25, 0.3) is 11.6 Å². The second-order valence-corrected chi connectivity index (χ2v) is 4.08. The molecule has 1 aliphatic rings. The van der Waals surface area contributed by atoms with E-state index in [0.29, 0.717) is 18.8 Å². The molecule has 0 N–H and O–H groups in total. The number of carbonyl (C=O) groups excluding carboxylic acids is 1. The van der Waals surface area contributed by atoms with Gasteiger partial charge in [-0.15, -0.1) is 0 Å². The Morgan fingerprint density at radius 2 is 1.88 bits per heavy atom. The normalized spacial score (nSPS) is 15.5. The molecular weight excluding hydrogens is 222 g/mol. The zero-order valence-corrected chi connectivity index (χ0v) is 9.71. The molecule has 1 aromatic rings. The fourth-order valence-electron chi connectivity index (χ4n) is 1.93. The largest absolute Gasteiger partial charge is 0.372 e. The molecule has 0 radical (unpaired) electrons. The van der Waals surface area contributed by atoms with Crippen LogP contribution < -0.4 is 4.90 Å². The number of nitro groups is 1. The lowest BCUT2D eigenvalue weighted by molar-refractivity contribution is -0.385. The number of benzene rings is 1. The van der Waals surface area contributed by atoms with E-state index in [1.54, 1.807) is 19.2 Å². The Morgan fingerprint density at radius 1 is 1.24 bits per heavy atom. The second-order valence-electron chi connectivity index (χ2n) is 4.08. The molecule has 0 aromatic heterocycles. The summed E-state index contributed by atoms with van der Waals surface area (Å²) in [5, 5.41) is 11.0. The van der Waals surface area contributed by atoms with E-state index >= 15 is 0 Å². The fourth-order valence-corrected chi connectivity index (χ4v) is 1.93. The minimum Gasteiger partial charge on any atom is -0.372 e. The van der Waals surface area contributed by atoms with Crippen LogP contribution in [0, 0.1) is 10.1 Å². The van der Waals surface area contributed by atoms with Crippen molar-refractivity contribution in [3.63, 3.8) is 0 Å². The smallest absolute Gasteiger partial charge is 0.284 e. The van der Waals surface area contributed by atoms with Gasteiger partial charge in [0.1, 0.15) is 5.56 Å². The van der Waals surface area contributed by atoms with Crippen LogP contribution in [0.1, 0.15) is 10.4 Å². The Bertz CT molecular complexity index is 487. The third-order valence-electron chi connectivity index (χ3n) is 2.96. The summed E-state index contributed by atoms with van der Waals surface area (Å²) in [4.78, 5) is 25.9. The molecule has 1 aromatic carbocycles. The average molecular weight is 235 g/mol. The van der Waals surface area contributed by atoms with Crippen molar-refractivity contribution in [3.8, 4) is 0 Å². The van der Waals surface area contributed by atoms with Crippen molar-refractivity contribution in [2.24, 2.45) is 0 Å². The van der Waals surface area contributed by atoms with Crippen LogP contribution in [0.5, 0.6) is 0 Å². The van der Waals surface area contributed by atoms with E-state index < -0.39 is 4.92 Å². The zero-order valence-electron chi connectivity index (χ0n) is 9.71. The average Bonchev–Trinajstić information content (AvgIpc) is 2.42.